The lowest BCUT2D eigenvalue weighted by molar-refractivity contribution is 0.0952. The molecule has 0 bridgehead atoms. The molecule has 0 saturated heterocycles. The zero-order valence-corrected chi connectivity index (χ0v) is 13.3. The Balaban J connectivity index is 2.21. The molecule has 0 unspecified atom stereocenters. The Morgan fingerprint density at radius 2 is 2.18 bits per heavy atom. The van der Waals surface area contributed by atoms with Gasteiger partial charge in [0.1, 0.15) is 0 Å². The van der Waals surface area contributed by atoms with Gasteiger partial charge in [-0.15, -0.1) is 11.3 Å². The number of carbonyl (C=O) groups excluding carboxylic acids is 1. The third-order valence-corrected chi connectivity index (χ3v) is 4.45. The Bertz CT molecular complexity index is 350. The Morgan fingerprint density at radius 3 is 2.71 bits per heavy atom. The molecule has 0 fully saturated rings. The SMILES string of the molecule is CCN(CC)CCCNC(=O)c1csc(I)c1. The average molecular weight is 366 g/mol. The van der Waals surface area contributed by atoms with Crippen LogP contribution in [0.25, 0.3) is 0 Å². The molecule has 0 radical (unpaired) electrons. The van der Waals surface area contributed by atoms with Crippen LogP contribution in [0.5, 0.6) is 0 Å². The first kappa shape index (κ1) is 14.9. The van der Waals surface area contributed by atoms with Gasteiger partial charge >= 0.3 is 0 Å². The van der Waals surface area contributed by atoms with Gasteiger partial charge in [0.2, 0.25) is 0 Å². The van der Waals surface area contributed by atoms with Crippen molar-refractivity contribution < 1.29 is 4.79 Å². The van der Waals surface area contributed by atoms with Gasteiger partial charge in [-0.05, 0) is 54.7 Å². The molecule has 0 aliphatic heterocycles. The highest BCUT2D eigenvalue weighted by atomic mass is 127. The largest absolute Gasteiger partial charge is 0.352 e. The van der Waals surface area contributed by atoms with E-state index >= 15 is 0 Å². The summed E-state index contributed by atoms with van der Waals surface area (Å²) < 4.78 is 1.15. The van der Waals surface area contributed by atoms with Gasteiger partial charge in [0.05, 0.1) is 8.45 Å². The maximum atomic E-state index is 11.7. The summed E-state index contributed by atoms with van der Waals surface area (Å²) in [6.07, 6.45) is 1.01. The molecular formula is C12H19IN2OS. The Labute approximate surface area is 121 Å². The number of amides is 1. The van der Waals surface area contributed by atoms with Crippen LogP contribution in [0.15, 0.2) is 11.4 Å². The maximum absolute atomic E-state index is 11.7. The number of thiophene rings is 1. The normalized spacial score (nSPS) is 10.8. The molecule has 1 aromatic rings. The number of hydrogen-bond donors (Lipinski definition) is 1. The quantitative estimate of drug-likeness (QED) is 0.595. The lowest BCUT2D eigenvalue weighted by Gasteiger charge is -2.17. The first-order valence-corrected chi connectivity index (χ1v) is 7.87. The van der Waals surface area contributed by atoms with Crippen molar-refractivity contribution in [3.63, 3.8) is 0 Å². The number of rotatable bonds is 7. The number of halogens is 1. The van der Waals surface area contributed by atoms with E-state index in [1.54, 1.807) is 11.3 Å². The average Bonchev–Trinajstić information content (AvgIpc) is 2.76. The minimum absolute atomic E-state index is 0.0451. The molecular weight excluding hydrogens is 347 g/mol. The van der Waals surface area contributed by atoms with Crippen molar-refractivity contribution in [1.82, 2.24) is 10.2 Å². The van der Waals surface area contributed by atoms with Crippen LogP contribution in [0, 0.1) is 2.88 Å². The Kier molecular flexibility index (Phi) is 7.06. The van der Waals surface area contributed by atoms with Crippen LogP contribution in [-0.4, -0.2) is 37.0 Å². The zero-order chi connectivity index (χ0) is 12.7. The van der Waals surface area contributed by atoms with Gasteiger partial charge in [0, 0.05) is 11.9 Å². The summed E-state index contributed by atoms with van der Waals surface area (Å²) in [5.41, 5.74) is 0.780. The summed E-state index contributed by atoms with van der Waals surface area (Å²) >= 11 is 3.83. The molecule has 96 valence electrons. The van der Waals surface area contributed by atoms with Gasteiger partial charge in [0.25, 0.3) is 5.91 Å². The second-order valence-electron chi connectivity index (χ2n) is 3.78. The van der Waals surface area contributed by atoms with Crippen molar-refractivity contribution in [3.05, 3.63) is 19.9 Å². The highest BCUT2D eigenvalue weighted by Gasteiger charge is 2.07. The second-order valence-corrected chi connectivity index (χ2v) is 6.58. The van der Waals surface area contributed by atoms with Gasteiger partial charge in [-0.25, -0.2) is 0 Å². The summed E-state index contributed by atoms with van der Waals surface area (Å²) in [6.45, 7) is 8.28. The molecule has 1 heterocycles. The van der Waals surface area contributed by atoms with Crippen molar-refractivity contribution in [2.45, 2.75) is 20.3 Å². The molecule has 0 aliphatic carbocycles. The topological polar surface area (TPSA) is 32.3 Å². The second kappa shape index (κ2) is 8.05. The number of hydrogen-bond acceptors (Lipinski definition) is 3. The van der Waals surface area contributed by atoms with E-state index in [0.717, 1.165) is 41.0 Å². The Hall–Kier alpha value is -0.140. The molecule has 0 atom stereocenters. The maximum Gasteiger partial charge on any atom is 0.252 e. The molecule has 1 rings (SSSR count). The van der Waals surface area contributed by atoms with Gasteiger partial charge in [-0.2, -0.15) is 0 Å². The van der Waals surface area contributed by atoms with Crippen molar-refractivity contribution in [3.8, 4) is 0 Å². The first-order valence-electron chi connectivity index (χ1n) is 5.92. The summed E-state index contributed by atoms with van der Waals surface area (Å²) in [7, 11) is 0. The molecule has 0 saturated carbocycles. The highest BCUT2D eigenvalue weighted by molar-refractivity contribution is 14.1. The summed E-state index contributed by atoms with van der Waals surface area (Å²) in [5.74, 6) is 0.0451. The van der Waals surface area contributed by atoms with Crippen LogP contribution in [0.3, 0.4) is 0 Å². The minimum atomic E-state index is 0.0451. The lowest BCUT2D eigenvalue weighted by atomic mass is 10.3. The number of nitrogens with zero attached hydrogens (tertiary/aromatic N) is 1. The monoisotopic (exact) mass is 366 g/mol. The third kappa shape index (κ3) is 5.35. The zero-order valence-electron chi connectivity index (χ0n) is 10.3. The van der Waals surface area contributed by atoms with E-state index in [4.69, 9.17) is 0 Å². The molecule has 3 nitrogen and oxygen atoms in total. The summed E-state index contributed by atoms with van der Waals surface area (Å²) in [6, 6.07) is 1.92. The summed E-state index contributed by atoms with van der Waals surface area (Å²) in [5, 5.41) is 4.86. The molecule has 0 spiro atoms. The molecule has 1 amide bonds. The predicted molar refractivity (Wildman–Crippen MR) is 81.8 cm³/mol. The molecule has 5 heteroatoms. The lowest BCUT2D eigenvalue weighted by Crippen LogP contribution is -2.29. The molecule has 1 aromatic heterocycles. The van der Waals surface area contributed by atoms with Crippen LogP contribution < -0.4 is 5.32 Å². The van der Waals surface area contributed by atoms with Gasteiger partial charge in [-0.1, -0.05) is 13.8 Å². The van der Waals surface area contributed by atoms with Crippen LogP contribution in [0.2, 0.25) is 0 Å². The van der Waals surface area contributed by atoms with E-state index in [2.05, 4.69) is 46.7 Å². The molecule has 1 N–H and O–H groups in total. The van der Waals surface area contributed by atoms with E-state index in [9.17, 15) is 4.79 Å². The van der Waals surface area contributed by atoms with Crippen molar-refractivity contribution in [1.29, 1.82) is 0 Å². The van der Waals surface area contributed by atoms with Crippen molar-refractivity contribution in [2.75, 3.05) is 26.2 Å². The molecule has 0 aliphatic rings. The van der Waals surface area contributed by atoms with E-state index in [1.807, 2.05) is 11.4 Å². The van der Waals surface area contributed by atoms with Crippen LogP contribution in [-0.2, 0) is 0 Å². The first-order chi connectivity index (χ1) is 8.17. The van der Waals surface area contributed by atoms with E-state index in [0.29, 0.717) is 0 Å². The Morgan fingerprint density at radius 1 is 1.47 bits per heavy atom. The number of nitrogens with one attached hydrogen (secondary N) is 1. The van der Waals surface area contributed by atoms with E-state index in [-0.39, 0.29) is 5.91 Å². The molecule has 0 aromatic carbocycles. The van der Waals surface area contributed by atoms with Crippen molar-refractivity contribution >= 4 is 39.8 Å². The third-order valence-electron chi connectivity index (χ3n) is 2.66. The predicted octanol–water partition coefficient (Wildman–Crippen LogP) is 2.81. The standard InChI is InChI=1S/C12H19IN2OS/c1-3-15(4-2)7-5-6-14-12(16)10-8-11(13)17-9-10/h8-9H,3-7H2,1-2H3,(H,14,16). The van der Waals surface area contributed by atoms with Gasteiger partial charge < -0.3 is 10.2 Å². The minimum Gasteiger partial charge on any atom is -0.352 e. The van der Waals surface area contributed by atoms with Crippen LogP contribution >= 0.6 is 33.9 Å². The fourth-order valence-electron chi connectivity index (χ4n) is 1.58. The molecule has 17 heavy (non-hydrogen) atoms. The van der Waals surface area contributed by atoms with E-state index < -0.39 is 0 Å². The summed E-state index contributed by atoms with van der Waals surface area (Å²) in [4.78, 5) is 14.1. The van der Waals surface area contributed by atoms with Crippen LogP contribution in [0.4, 0.5) is 0 Å². The van der Waals surface area contributed by atoms with Crippen LogP contribution in [0.1, 0.15) is 30.6 Å². The fraction of sp³-hybridized carbons (Fsp3) is 0.583. The van der Waals surface area contributed by atoms with Gasteiger partial charge in [0.15, 0.2) is 0 Å². The fourth-order valence-corrected chi connectivity index (χ4v) is 2.90. The van der Waals surface area contributed by atoms with Gasteiger partial charge in [-0.3, -0.25) is 4.79 Å². The number of carbonyl (C=O) groups is 1. The highest BCUT2D eigenvalue weighted by Crippen LogP contribution is 2.16. The van der Waals surface area contributed by atoms with Crippen molar-refractivity contribution in [2.24, 2.45) is 0 Å². The van der Waals surface area contributed by atoms with E-state index in [1.165, 1.54) is 0 Å². The smallest absolute Gasteiger partial charge is 0.252 e.